The molecule has 0 spiro atoms. The Morgan fingerprint density at radius 1 is 1.77 bits per heavy atom. The highest BCUT2D eigenvalue weighted by Crippen LogP contribution is 2.19. The fraction of sp³-hybridized carbons (Fsp3) is 0.571. The van der Waals surface area contributed by atoms with Gasteiger partial charge in [-0.05, 0) is 6.42 Å². The molecule has 1 aromatic heterocycles. The van der Waals surface area contributed by atoms with Crippen LogP contribution in [0.25, 0.3) is 0 Å². The van der Waals surface area contributed by atoms with E-state index in [0.717, 1.165) is 12.8 Å². The van der Waals surface area contributed by atoms with E-state index in [9.17, 15) is 10.1 Å². The van der Waals surface area contributed by atoms with Gasteiger partial charge in [0, 0.05) is 6.54 Å². The predicted molar refractivity (Wildman–Crippen MR) is 48.2 cm³/mol. The highest BCUT2D eigenvalue weighted by atomic mass is 16.6. The third-order valence-electron chi connectivity index (χ3n) is 1.78. The van der Waals surface area contributed by atoms with Crippen LogP contribution in [0.1, 0.15) is 19.8 Å². The van der Waals surface area contributed by atoms with Crippen LogP contribution in [0.2, 0.25) is 0 Å². The monoisotopic (exact) mass is 184 g/mol. The van der Waals surface area contributed by atoms with Gasteiger partial charge >= 0.3 is 5.69 Å². The highest BCUT2D eigenvalue weighted by Gasteiger charge is 2.16. The summed E-state index contributed by atoms with van der Waals surface area (Å²) in [6, 6.07) is 0. The van der Waals surface area contributed by atoms with Crippen LogP contribution in [0.4, 0.5) is 11.5 Å². The van der Waals surface area contributed by atoms with Crippen molar-refractivity contribution in [2.75, 3.05) is 5.73 Å². The number of unbranched alkanes of at least 4 members (excludes halogenated alkanes) is 1. The minimum absolute atomic E-state index is 0.115. The van der Waals surface area contributed by atoms with E-state index in [1.165, 1.54) is 10.9 Å². The molecule has 0 saturated carbocycles. The molecule has 13 heavy (non-hydrogen) atoms. The number of nitro groups is 1. The van der Waals surface area contributed by atoms with Crippen LogP contribution in [0, 0.1) is 10.1 Å². The lowest BCUT2D eigenvalue weighted by molar-refractivity contribution is -0.384. The molecule has 0 unspecified atom stereocenters. The van der Waals surface area contributed by atoms with E-state index in [1.807, 2.05) is 6.92 Å². The molecule has 0 amide bonds. The Balaban J connectivity index is 2.80. The summed E-state index contributed by atoms with van der Waals surface area (Å²) in [5.74, 6) is 0.137. The van der Waals surface area contributed by atoms with Crippen LogP contribution in [0.15, 0.2) is 6.20 Å². The van der Waals surface area contributed by atoms with Gasteiger partial charge in [0.1, 0.15) is 6.20 Å². The van der Waals surface area contributed by atoms with Crippen molar-refractivity contribution in [3.8, 4) is 0 Å². The highest BCUT2D eigenvalue weighted by molar-refractivity contribution is 5.51. The Hall–Kier alpha value is -1.59. The van der Waals surface area contributed by atoms with Gasteiger partial charge < -0.3 is 5.73 Å². The summed E-state index contributed by atoms with van der Waals surface area (Å²) in [7, 11) is 0. The first-order valence-electron chi connectivity index (χ1n) is 4.12. The van der Waals surface area contributed by atoms with Crippen molar-refractivity contribution in [3.05, 3.63) is 16.3 Å². The predicted octanol–water partition coefficient (Wildman–Crippen LogP) is 1.17. The Morgan fingerprint density at radius 3 is 2.92 bits per heavy atom. The maximum absolute atomic E-state index is 10.4. The summed E-state index contributed by atoms with van der Waals surface area (Å²) < 4.78 is 1.46. The van der Waals surface area contributed by atoms with Crippen molar-refractivity contribution in [2.24, 2.45) is 0 Å². The molecule has 72 valence electrons. The zero-order valence-corrected chi connectivity index (χ0v) is 7.43. The molecular formula is C7H12N4O2. The normalized spacial score (nSPS) is 10.2. The van der Waals surface area contributed by atoms with E-state index in [4.69, 9.17) is 5.73 Å². The average molecular weight is 184 g/mol. The molecule has 6 heteroatoms. The summed E-state index contributed by atoms with van der Waals surface area (Å²) in [5.41, 5.74) is 5.39. The van der Waals surface area contributed by atoms with Crippen LogP contribution in [0.3, 0.4) is 0 Å². The molecule has 0 radical (unpaired) electrons. The van der Waals surface area contributed by atoms with Crippen molar-refractivity contribution in [1.29, 1.82) is 0 Å². The average Bonchev–Trinajstić information content (AvgIpc) is 2.43. The minimum Gasteiger partial charge on any atom is -0.378 e. The molecule has 1 heterocycles. The van der Waals surface area contributed by atoms with Gasteiger partial charge in [-0.2, -0.15) is 5.10 Å². The van der Waals surface area contributed by atoms with Crippen LogP contribution in [-0.4, -0.2) is 14.7 Å². The molecule has 0 fully saturated rings. The maximum atomic E-state index is 10.4. The van der Waals surface area contributed by atoms with Gasteiger partial charge in [-0.1, -0.05) is 13.3 Å². The number of rotatable bonds is 4. The maximum Gasteiger partial charge on any atom is 0.330 e. The van der Waals surface area contributed by atoms with Crippen molar-refractivity contribution in [1.82, 2.24) is 9.78 Å². The van der Waals surface area contributed by atoms with E-state index in [1.54, 1.807) is 0 Å². The summed E-state index contributed by atoms with van der Waals surface area (Å²) in [6.07, 6.45) is 3.11. The second-order valence-corrected chi connectivity index (χ2v) is 2.75. The molecule has 2 N–H and O–H groups in total. The fourth-order valence-electron chi connectivity index (χ4n) is 1.01. The SMILES string of the molecule is CCCCn1ncc([N+](=O)[O-])c1N. The summed E-state index contributed by atoms with van der Waals surface area (Å²) in [5, 5.41) is 14.2. The summed E-state index contributed by atoms with van der Waals surface area (Å²) >= 11 is 0. The first kappa shape index (κ1) is 9.50. The quantitative estimate of drug-likeness (QED) is 0.562. The Labute approximate surface area is 75.5 Å². The first-order valence-corrected chi connectivity index (χ1v) is 4.12. The van der Waals surface area contributed by atoms with Crippen LogP contribution in [0.5, 0.6) is 0 Å². The zero-order chi connectivity index (χ0) is 9.84. The molecule has 0 atom stereocenters. The molecule has 0 aliphatic rings. The molecule has 0 aliphatic carbocycles. The van der Waals surface area contributed by atoms with Crippen molar-refractivity contribution < 1.29 is 4.92 Å². The van der Waals surface area contributed by atoms with E-state index in [-0.39, 0.29) is 11.5 Å². The second-order valence-electron chi connectivity index (χ2n) is 2.75. The van der Waals surface area contributed by atoms with Gasteiger partial charge in [-0.15, -0.1) is 0 Å². The van der Waals surface area contributed by atoms with Crippen LogP contribution >= 0.6 is 0 Å². The van der Waals surface area contributed by atoms with Crippen molar-refractivity contribution >= 4 is 11.5 Å². The Morgan fingerprint density at radius 2 is 2.46 bits per heavy atom. The molecular weight excluding hydrogens is 172 g/mol. The van der Waals surface area contributed by atoms with Gasteiger partial charge in [-0.25, -0.2) is 4.68 Å². The van der Waals surface area contributed by atoms with Crippen LogP contribution in [-0.2, 0) is 6.54 Å². The molecule has 0 saturated heterocycles. The number of anilines is 1. The van der Waals surface area contributed by atoms with Crippen LogP contribution < -0.4 is 5.73 Å². The largest absolute Gasteiger partial charge is 0.378 e. The number of hydrogen-bond acceptors (Lipinski definition) is 4. The van der Waals surface area contributed by atoms with Crippen molar-refractivity contribution in [2.45, 2.75) is 26.3 Å². The molecule has 6 nitrogen and oxygen atoms in total. The van der Waals surface area contributed by atoms with E-state index < -0.39 is 4.92 Å². The Bertz CT molecular complexity index is 307. The first-order chi connectivity index (χ1) is 6.16. The van der Waals surface area contributed by atoms with Gasteiger partial charge in [0.15, 0.2) is 0 Å². The number of nitrogens with two attached hydrogens (primary N) is 1. The topological polar surface area (TPSA) is 87.0 Å². The molecule has 1 rings (SSSR count). The fourth-order valence-corrected chi connectivity index (χ4v) is 1.01. The molecule has 0 aliphatic heterocycles. The smallest absolute Gasteiger partial charge is 0.330 e. The van der Waals surface area contributed by atoms with Gasteiger partial charge in [0.05, 0.1) is 4.92 Å². The minimum atomic E-state index is -0.523. The van der Waals surface area contributed by atoms with E-state index in [0.29, 0.717) is 6.54 Å². The van der Waals surface area contributed by atoms with Crippen molar-refractivity contribution in [3.63, 3.8) is 0 Å². The molecule has 1 aromatic rings. The lowest BCUT2D eigenvalue weighted by atomic mass is 10.3. The number of aryl methyl sites for hydroxylation is 1. The molecule has 0 aromatic carbocycles. The number of nitrogen functional groups attached to an aromatic ring is 1. The van der Waals surface area contributed by atoms with E-state index in [2.05, 4.69) is 5.10 Å². The third kappa shape index (κ3) is 1.95. The number of hydrogen-bond donors (Lipinski definition) is 1. The lowest BCUT2D eigenvalue weighted by Gasteiger charge is -2.00. The Kier molecular flexibility index (Phi) is 2.84. The van der Waals surface area contributed by atoms with Gasteiger partial charge in [0.2, 0.25) is 5.82 Å². The standard InChI is InChI=1S/C7H12N4O2/c1-2-3-4-10-7(8)6(5-9-10)11(12)13/h5H,2-4,8H2,1H3. The van der Waals surface area contributed by atoms with Gasteiger partial charge in [-0.3, -0.25) is 10.1 Å². The summed E-state index contributed by atoms with van der Waals surface area (Å²) in [4.78, 5) is 9.86. The zero-order valence-electron chi connectivity index (χ0n) is 7.43. The number of nitrogens with zero attached hydrogens (tertiary/aromatic N) is 3. The van der Waals surface area contributed by atoms with E-state index >= 15 is 0 Å². The summed E-state index contributed by atoms with van der Waals surface area (Å²) in [6.45, 7) is 2.67. The lowest BCUT2D eigenvalue weighted by Crippen LogP contribution is -2.05. The number of aromatic nitrogens is 2. The van der Waals surface area contributed by atoms with Gasteiger partial charge in [0.25, 0.3) is 0 Å². The third-order valence-corrected chi connectivity index (χ3v) is 1.78. The molecule has 0 bridgehead atoms. The second kappa shape index (κ2) is 3.88.